The lowest BCUT2D eigenvalue weighted by atomic mass is 9.98. The van der Waals surface area contributed by atoms with Crippen LogP contribution in [0.5, 0.6) is 5.75 Å². The number of methoxy groups -OCH3 is 1. The lowest BCUT2D eigenvalue weighted by Crippen LogP contribution is -2.42. The number of hydrogen-bond donors (Lipinski definition) is 0. The molecule has 0 unspecified atom stereocenters. The zero-order chi connectivity index (χ0) is 19.3. The van der Waals surface area contributed by atoms with Crippen LogP contribution in [0.1, 0.15) is 44.0 Å². The fourth-order valence-electron chi connectivity index (χ4n) is 2.68. The van der Waals surface area contributed by atoms with Crippen molar-refractivity contribution in [3.8, 4) is 5.75 Å². The smallest absolute Gasteiger partial charge is 0.410 e. The van der Waals surface area contributed by atoms with Crippen LogP contribution < -0.4 is 4.74 Å². The SMILES string of the molecule is COC(=O)c1ccc(OCC2CCN(C(=O)OC(C)(C)C)CC2)c(Cl)c1. The second-order valence-electron chi connectivity index (χ2n) is 7.36. The molecular weight excluding hydrogens is 358 g/mol. The number of ether oxygens (including phenoxy) is 3. The molecule has 26 heavy (non-hydrogen) atoms. The monoisotopic (exact) mass is 383 g/mol. The van der Waals surface area contributed by atoms with Crippen LogP contribution in [0.4, 0.5) is 4.79 Å². The molecule has 0 saturated carbocycles. The quantitative estimate of drug-likeness (QED) is 0.730. The van der Waals surface area contributed by atoms with Gasteiger partial charge in [-0.1, -0.05) is 11.6 Å². The van der Waals surface area contributed by atoms with E-state index in [0.717, 1.165) is 12.8 Å². The number of esters is 1. The molecule has 0 spiro atoms. The number of hydrogen-bond acceptors (Lipinski definition) is 5. The molecule has 2 rings (SSSR count). The van der Waals surface area contributed by atoms with Crippen LogP contribution in [0, 0.1) is 5.92 Å². The van der Waals surface area contributed by atoms with Gasteiger partial charge in [-0.05, 0) is 57.7 Å². The first-order valence-electron chi connectivity index (χ1n) is 8.68. The molecule has 7 heteroatoms. The van der Waals surface area contributed by atoms with Gasteiger partial charge in [-0.3, -0.25) is 0 Å². The van der Waals surface area contributed by atoms with Crippen molar-refractivity contribution < 1.29 is 23.8 Å². The number of likely N-dealkylation sites (tertiary alicyclic amines) is 1. The molecule has 1 aliphatic rings. The van der Waals surface area contributed by atoms with Gasteiger partial charge in [0.1, 0.15) is 11.4 Å². The number of carbonyl (C=O) groups is 2. The first kappa shape index (κ1) is 20.4. The molecule has 0 N–H and O–H groups in total. The van der Waals surface area contributed by atoms with Crippen molar-refractivity contribution in [2.45, 2.75) is 39.2 Å². The van der Waals surface area contributed by atoms with Crippen LogP contribution in [0.3, 0.4) is 0 Å². The minimum Gasteiger partial charge on any atom is -0.492 e. The number of carbonyl (C=O) groups excluding carboxylic acids is 2. The summed E-state index contributed by atoms with van der Waals surface area (Å²) in [6.45, 7) is 7.40. The van der Waals surface area contributed by atoms with Gasteiger partial charge in [0.05, 0.1) is 24.3 Å². The van der Waals surface area contributed by atoms with Gasteiger partial charge in [0.15, 0.2) is 0 Å². The number of rotatable bonds is 4. The van der Waals surface area contributed by atoms with Gasteiger partial charge in [0.2, 0.25) is 0 Å². The van der Waals surface area contributed by atoms with E-state index in [1.165, 1.54) is 13.2 Å². The molecule has 1 fully saturated rings. The maximum Gasteiger partial charge on any atom is 0.410 e. The van der Waals surface area contributed by atoms with E-state index in [1.54, 1.807) is 17.0 Å². The Labute approximate surface area is 159 Å². The van der Waals surface area contributed by atoms with Crippen LogP contribution in [-0.2, 0) is 9.47 Å². The van der Waals surface area contributed by atoms with E-state index in [4.69, 9.17) is 21.1 Å². The summed E-state index contributed by atoms with van der Waals surface area (Å²) in [6, 6.07) is 4.83. The minimum absolute atomic E-state index is 0.265. The highest BCUT2D eigenvalue weighted by atomic mass is 35.5. The Kier molecular flexibility index (Phi) is 6.75. The van der Waals surface area contributed by atoms with Gasteiger partial charge in [0, 0.05) is 13.1 Å². The van der Waals surface area contributed by atoms with E-state index in [2.05, 4.69) is 4.74 Å². The highest BCUT2D eigenvalue weighted by Gasteiger charge is 2.27. The molecule has 0 bridgehead atoms. The van der Waals surface area contributed by atoms with Gasteiger partial charge in [-0.25, -0.2) is 9.59 Å². The standard InChI is InChI=1S/C19H26ClNO5/c1-19(2,3)26-18(23)21-9-7-13(8-10-21)12-25-16-6-5-14(11-15(16)20)17(22)24-4/h5-6,11,13H,7-10,12H2,1-4H3. The van der Waals surface area contributed by atoms with E-state index in [9.17, 15) is 9.59 Å². The molecule has 1 aromatic carbocycles. The maximum absolute atomic E-state index is 12.1. The molecule has 0 aromatic heterocycles. The Morgan fingerprint density at radius 3 is 2.42 bits per heavy atom. The predicted octanol–water partition coefficient (Wildman–Crippen LogP) is 4.15. The Morgan fingerprint density at radius 1 is 1.23 bits per heavy atom. The van der Waals surface area contributed by atoms with Gasteiger partial charge in [-0.15, -0.1) is 0 Å². The zero-order valence-corrected chi connectivity index (χ0v) is 16.5. The molecule has 0 aliphatic carbocycles. The van der Waals surface area contributed by atoms with Crippen molar-refractivity contribution in [2.75, 3.05) is 26.8 Å². The molecule has 1 heterocycles. The maximum atomic E-state index is 12.1. The predicted molar refractivity (Wildman–Crippen MR) is 98.8 cm³/mol. The van der Waals surface area contributed by atoms with Gasteiger partial charge in [-0.2, -0.15) is 0 Å². The molecule has 1 amide bonds. The summed E-state index contributed by atoms with van der Waals surface area (Å²) in [6.07, 6.45) is 1.42. The van der Waals surface area contributed by atoms with Crippen LogP contribution in [0.15, 0.2) is 18.2 Å². The van der Waals surface area contributed by atoms with Crippen LogP contribution in [0.2, 0.25) is 5.02 Å². The van der Waals surface area contributed by atoms with E-state index < -0.39 is 11.6 Å². The summed E-state index contributed by atoms with van der Waals surface area (Å²) >= 11 is 6.17. The Hall–Kier alpha value is -1.95. The average molecular weight is 384 g/mol. The van der Waals surface area contributed by atoms with Crippen molar-refractivity contribution in [2.24, 2.45) is 5.92 Å². The Balaban J connectivity index is 1.81. The highest BCUT2D eigenvalue weighted by Crippen LogP contribution is 2.28. The van der Waals surface area contributed by atoms with Crippen LogP contribution in [0.25, 0.3) is 0 Å². The average Bonchev–Trinajstić information content (AvgIpc) is 2.59. The van der Waals surface area contributed by atoms with Crippen molar-refractivity contribution in [3.63, 3.8) is 0 Å². The summed E-state index contributed by atoms with van der Waals surface area (Å²) in [5.41, 5.74) is -0.0973. The normalized spacial score (nSPS) is 15.5. The van der Waals surface area contributed by atoms with Gasteiger partial charge < -0.3 is 19.1 Å². The Bertz CT molecular complexity index is 648. The number of benzene rings is 1. The van der Waals surface area contributed by atoms with E-state index in [0.29, 0.717) is 41.9 Å². The number of amides is 1. The molecular formula is C19H26ClNO5. The van der Waals surface area contributed by atoms with Crippen molar-refractivity contribution in [1.29, 1.82) is 0 Å². The first-order valence-corrected chi connectivity index (χ1v) is 9.06. The molecule has 6 nitrogen and oxygen atoms in total. The van der Waals surface area contributed by atoms with E-state index >= 15 is 0 Å². The number of nitrogens with zero attached hydrogens (tertiary/aromatic N) is 1. The third-order valence-corrected chi connectivity index (χ3v) is 4.39. The summed E-state index contributed by atoms with van der Waals surface area (Å²) in [4.78, 5) is 25.3. The number of piperidine rings is 1. The highest BCUT2D eigenvalue weighted by molar-refractivity contribution is 6.32. The molecule has 0 atom stereocenters. The number of halogens is 1. The third-order valence-electron chi connectivity index (χ3n) is 4.09. The van der Waals surface area contributed by atoms with Gasteiger partial charge >= 0.3 is 12.1 Å². The van der Waals surface area contributed by atoms with Crippen LogP contribution in [-0.4, -0.2) is 49.4 Å². The lowest BCUT2D eigenvalue weighted by molar-refractivity contribution is 0.0164. The Morgan fingerprint density at radius 2 is 1.88 bits per heavy atom. The van der Waals surface area contributed by atoms with Gasteiger partial charge in [0.25, 0.3) is 0 Å². The van der Waals surface area contributed by atoms with Crippen molar-refractivity contribution >= 4 is 23.7 Å². The molecule has 1 aromatic rings. The van der Waals surface area contributed by atoms with E-state index in [-0.39, 0.29) is 6.09 Å². The minimum atomic E-state index is -0.482. The summed E-state index contributed by atoms with van der Waals surface area (Å²) < 4.78 is 15.9. The summed E-state index contributed by atoms with van der Waals surface area (Å²) in [7, 11) is 1.32. The van der Waals surface area contributed by atoms with E-state index in [1.807, 2.05) is 20.8 Å². The molecule has 0 radical (unpaired) electrons. The van der Waals surface area contributed by atoms with Crippen molar-refractivity contribution in [1.82, 2.24) is 4.90 Å². The fourth-order valence-corrected chi connectivity index (χ4v) is 2.91. The first-order chi connectivity index (χ1) is 12.2. The second-order valence-corrected chi connectivity index (χ2v) is 7.77. The van der Waals surface area contributed by atoms with Crippen LogP contribution >= 0.6 is 11.6 Å². The summed E-state index contributed by atoms with van der Waals surface area (Å²) in [5, 5.41) is 0.374. The summed E-state index contributed by atoms with van der Waals surface area (Å²) in [5.74, 6) is 0.437. The molecule has 1 aliphatic heterocycles. The topological polar surface area (TPSA) is 65.1 Å². The second kappa shape index (κ2) is 8.62. The fraction of sp³-hybridized carbons (Fsp3) is 0.579. The molecule has 1 saturated heterocycles. The lowest BCUT2D eigenvalue weighted by Gasteiger charge is -2.33. The third kappa shape index (κ3) is 5.80. The largest absolute Gasteiger partial charge is 0.492 e. The molecule has 144 valence electrons. The van der Waals surface area contributed by atoms with Crippen molar-refractivity contribution in [3.05, 3.63) is 28.8 Å². The zero-order valence-electron chi connectivity index (χ0n) is 15.7.